The first kappa shape index (κ1) is 20.3. The lowest BCUT2D eigenvalue weighted by Gasteiger charge is -2.06. The van der Waals surface area contributed by atoms with Gasteiger partial charge >= 0.3 is 5.97 Å². The first-order chi connectivity index (χ1) is 15.1. The molecule has 152 valence electrons. The lowest BCUT2D eigenvalue weighted by atomic mass is 10.0. The maximum Gasteiger partial charge on any atom is 0.343 e. The van der Waals surface area contributed by atoms with Gasteiger partial charge in [0.15, 0.2) is 0 Å². The van der Waals surface area contributed by atoms with Crippen molar-refractivity contribution in [2.24, 2.45) is 5.10 Å². The van der Waals surface area contributed by atoms with Gasteiger partial charge in [-0.1, -0.05) is 60.1 Å². The smallest absolute Gasteiger partial charge is 0.343 e. The number of carbonyl (C=O) groups is 2. The third-order valence-electron chi connectivity index (χ3n) is 4.56. The van der Waals surface area contributed by atoms with Crippen molar-refractivity contribution in [3.05, 3.63) is 113 Å². The average Bonchev–Trinajstić information content (AvgIpc) is 2.79. The second-order valence-electron chi connectivity index (χ2n) is 6.69. The largest absolute Gasteiger partial charge is 0.423 e. The number of carbonyl (C=O) groups excluding carboxylic acids is 2. The summed E-state index contributed by atoms with van der Waals surface area (Å²) >= 11 is 5.84. The number of benzene rings is 4. The van der Waals surface area contributed by atoms with Gasteiger partial charge in [-0.25, -0.2) is 10.2 Å². The summed E-state index contributed by atoms with van der Waals surface area (Å²) in [5.41, 5.74) is 4.14. The first-order valence-electron chi connectivity index (χ1n) is 9.49. The summed E-state index contributed by atoms with van der Waals surface area (Å²) in [7, 11) is 0. The molecule has 0 radical (unpaired) electrons. The fourth-order valence-corrected chi connectivity index (χ4v) is 3.19. The van der Waals surface area contributed by atoms with Crippen LogP contribution in [0.4, 0.5) is 0 Å². The van der Waals surface area contributed by atoms with Crippen molar-refractivity contribution in [1.29, 1.82) is 0 Å². The SMILES string of the molecule is O=C(Oc1cccc(C=NNC(=O)c2cccc3ccccc23)c1)c1ccc(Cl)cc1. The van der Waals surface area contributed by atoms with Gasteiger partial charge in [-0.15, -0.1) is 0 Å². The van der Waals surface area contributed by atoms with Crippen LogP contribution in [0.1, 0.15) is 26.3 Å². The molecule has 0 unspecified atom stereocenters. The third kappa shape index (κ3) is 4.97. The molecule has 0 saturated carbocycles. The number of halogens is 1. The molecule has 1 amide bonds. The molecular weight excluding hydrogens is 412 g/mol. The second kappa shape index (κ2) is 9.24. The predicted molar refractivity (Wildman–Crippen MR) is 122 cm³/mol. The van der Waals surface area contributed by atoms with Gasteiger partial charge in [0.1, 0.15) is 5.75 Å². The summed E-state index contributed by atoms with van der Waals surface area (Å²) in [6.45, 7) is 0. The van der Waals surface area contributed by atoms with Gasteiger partial charge in [-0.3, -0.25) is 4.79 Å². The van der Waals surface area contributed by atoms with Crippen LogP contribution in [0.15, 0.2) is 96.1 Å². The van der Waals surface area contributed by atoms with E-state index >= 15 is 0 Å². The Morgan fingerprint density at radius 2 is 1.61 bits per heavy atom. The topological polar surface area (TPSA) is 67.8 Å². The highest BCUT2D eigenvalue weighted by molar-refractivity contribution is 6.30. The zero-order valence-corrected chi connectivity index (χ0v) is 17.0. The number of hydrazone groups is 1. The molecule has 1 N–H and O–H groups in total. The van der Waals surface area contributed by atoms with Crippen molar-refractivity contribution in [3.63, 3.8) is 0 Å². The van der Waals surface area contributed by atoms with Crippen LogP contribution >= 0.6 is 11.6 Å². The molecule has 4 aromatic carbocycles. The quantitative estimate of drug-likeness (QED) is 0.198. The Morgan fingerprint density at radius 1 is 0.871 bits per heavy atom. The van der Waals surface area contributed by atoms with Crippen LogP contribution in [0.3, 0.4) is 0 Å². The zero-order valence-electron chi connectivity index (χ0n) is 16.3. The summed E-state index contributed by atoms with van der Waals surface area (Å²) in [5.74, 6) is -0.433. The molecule has 4 rings (SSSR count). The van der Waals surface area contributed by atoms with E-state index in [1.807, 2.05) is 36.4 Å². The fourth-order valence-electron chi connectivity index (χ4n) is 3.06. The number of hydrogen-bond acceptors (Lipinski definition) is 4. The van der Waals surface area contributed by atoms with Crippen molar-refractivity contribution in [2.75, 3.05) is 0 Å². The van der Waals surface area contributed by atoms with E-state index in [0.29, 0.717) is 27.5 Å². The van der Waals surface area contributed by atoms with Crippen molar-refractivity contribution in [3.8, 4) is 5.75 Å². The number of ether oxygens (including phenoxy) is 1. The highest BCUT2D eigenvalue weighted by atomic mass is 35.5. The highest BCUT2D eigenvalue weighted by Gasteiger charge is 2.10. The Bertz CT molecular complexity index is 1280. The van der Waals surface area contributed by atoms with Crippen molar-refractivity contribution < 1.29 is 14.3 Å². The number of nitrogens with zero attached hydrogens (tertiary/aromatic N) is 1. The van der Waals surface area contributed by atoms with Gasteiger partial charge in [0.2, 0.25) is 0 Å². The van der Waals surface area contributed by atoms with Crippen LogP contribution in [0, 0.1) is 0 Å². The molecule has 0 aliphatic carbocycles. The van der Waals surface area contributed by atoms with Crippen molar-refractivity contribution in [1.82, 2.24) is 5.43 Å². The molecular formula is C25H17ClN2O3. The van der Waals surface area contributed by atoms with Gasteiger partial charge in [-0.05, 0) is 58.8 Å². The minimum atomic E-state index is -0.491. The number of fused-ring (bicyclic) bond motifs is 1. The molecule has 0 atom stereocenters. The van der Waals surface area contributed by atoms with Gasteiger partial charge in [-0.2, -0.15) is 5.10 Å². The molecule has 0 spiro atoms. The van der Waals surface area contributed by atoms with Crippen molar-refractivity contribution >= 4 is 40.5 Å². The lowest BCUT2D eigenvalue weighted by Crippen LogP contribution is -2.17. The minimum Gasteiger partial charge on any atom is -0.423 e. The van der Waals surface area contributed by atoms with Crippen LogP contribution in [-0.4, -0.2) is 18.1 Å². The monoisotopic (exact) mass is 428 g/mol. The number of nitrogens with one attached hydrogen (secondary N) is 1. The van der Waals surface area contributed by atoms with Crippen LogP contribution in [0.25, 0.3) is 10.8 Å². The molecule has 0 saturated heterocycles. The third-order valence-corrected chi connectivity index (χ3v) is 4.81. The predicted octanol–water partition coefficient (Wildman–Crippen LogP) is 5.48. The van der Waals surface area contributed by atoms with E-state index in [-0.39, 0.29) is 5.91 Å². The minimum absolute atomic E-state index is 0.307. The Labute approximate surface area is 183 Å². The molecule has 0 aliphatic rings. The Balaban J connectivity index is 1.43. The molecule has 0 aliphatic heterocycles. The van der Waals surface area contributed by atoms with E-state index in [1.165, 1.54) is 6.21 Å². The molecule has 0 aromatic heterocycles. The summed E-state index contributed by atoms with van der Waals surface area (Å²) < 4.78 is 5.39. The van der Waals surface area contributed by atoms with E-state index in [0.717, 1.165) is 10.8 Å². The van der Waals surface area contributed by atoms with E-state index in [1.54, 1.807) is 54.6 Å². The number of rotatable bonds is 5. The van der Waals surface area contributed by atoms with E-state index in [9.17, 15) is 9.59 Å². The van der Waals surface area contributed by atoms with E-state index < -0.39 is 5.97 Å². The normalized spacial score (nSPS) is 10.9. The Kier molecular flexibility index (Phi) is 6.05. The zero-order chi connectivity index (χ0) is 21.6. The van der Waals surface area contributed by atoms with Gasteiger partial charge in [0, 0.05) is 10.6 Å². The summed E-state index contributed by atoms with van der Waals surface area (Å²) in [4.78, 5) is 24.8. The molecule has 0 heterocycles. The lowest BCUT2D eigenvalue weighted by molar-refractivity contribution is 0.0734. The maximum absolute atomic E-state index is 12.5. The first-order valence-corrected chi connectivity index (χ1v) is 9.87. The van der Waals surface area contributed by atoms with Crippen molar-refractivity contribution in [2.45, 2.75) is 0 Å². The summed E-state index contributed by atoms with van der Waals surface area (Å²) in [6, 6.07) is 26.5. The number of amides is 1. The molecule has 31 heavy (non-hydrogen) atoms. The van der Waals surface area contributed by atoms with Crippen LogP contribution in [0.5, 0.6) is 5.75 Å². The van der Waals surface area contributed by atoms with Crippen LogP contribution in [-0.2, 0) is 0 Å². The number of esters is 1. The maximum atomic E-state index is 12.5. The Hall–Kier alpha value is -3.96. The standard InChI is InChI=1S/C25H17ClN2O3/c26-20-13-11-19(12-14-20)25(30)31-21-8-3-5-17(15-21)16-27-28-24(29)23-10-4-7-18-6-1-2-9-22(18)23/h1-16H,(H,28,29). The molecule has 4 aromatic rings. The van der Waals surface area contributed by atoms with Crippen LogP contribution < -0.4 is 10.2 Å². The van der Waals surface area contributed by atoms with Gasteiger partial charge in [0.05, 0.1) is 11.8 Å². The van der Waals surface area contributed by atoms with E-state index in [4.69, 9.17) is 16.3 Å². The average molecular weight is 429 g/mol. The molecule has 0 bridgehead atoms. The summed E-state index contributed by atoms with van der Waals surface area (Å²) in [6.07, 6.45) is 1.49. The summed E-state index contributed by atoms with van der Waals surface area (Å²) in [5, 5.41) is 6.41. The van der Waals surface area contributed by atoms with Gasteiger partial charge in [0.25, 0.3) is 5.91 Å². The highest BCUT2D eigenvalue weighted by Crippen LogP contribution is 2.19. The Morgan fingerprint density at radius 3 is 2.45 bits per heavy atom. The fraction of sp³-hybridized carbons (Fsp3) is 0. The van der Waals surface area contributed by atoms with E-state index in [2.05, 4.69) is 10.5 Å². The molecule has 6 heteroatoms. The molecule has 0 fully saturated rings. The van der Waals surface area contributed by atoms with Gasteiger partial charge < -0.3 is 4.74 Å². The second-order valence-corrected chi connectivity index (χ2v) is 7.13. The number of hydrogen-bond donors (Lipinski definition) is 1. The van der Waals surface area contributed by atoms with Crippen LogP contribution in [0.2, 0.25) is 5.02 Å². The molecule has 5 nitrogen and oxygen atoms in total.